The third-order valence-electron chi connectivity index (χ3n) is 1.24. The van der Waals surface area contributed by atoms with Crippen molar-refractivity contribution in [1.29, 1.82) is 0 Å². The minimum Gasteiger partial charge on any atom is -0.619 e. The van der Waals surface area contributed by atoms with Crippen LogP contribution in [-0.2, 0) is 6.42 Å². The van der Waals surface area contributed by atoms with Gasteiger partial charge in [0.25, 0.3) is 0 Å². The third-order valence-corrected chi connectivity index (χ3v) is 1.24. The molecule has 3 heteroatoms. The first kappa shape index (κ1) is 6.99. The molecule has 0 radical (unpaired) electrons. The van der Waals surface area contributed by atoms with E-state index in [1.54, 1.807) is 0 Å². The highest BCUT2D eigenvalue weighted by molar-refractivity contribution is 4.89. The quantitative estimate of drug-likeness (QED) is 0.445. The van der Waals surface area contributed by atoms with Crippen LogP contribution in [0, 0.1) is 5.21 Å². The van der Waals surface area contributed by atoms with E-state index in [1.165, 1.54) is 18.6 Å². The topological polar surface area (TPSA) is 39.8 Å². The zero-order valence-electron chi connectivity index (χ0n) is 5.95. The Morgan fingerprint density at radius 3 is 3.10 bits per heavy atom. The molecule has 0 saturated carbocycles. The van der Waals surface area contributed by atoms with Gasteiger partial charge in [-0.1, -0.05) is 13.3 Å². The summed E-state index contributed by atoms with van der Waals surface area (Å²) in [6.45, 7) is 2.06. The highest BCUT2D eigenvalue weighted by Crippen LogP contribution is 1.92. The molecule has 0 aromatic carbocycles. The van der Waals surface area contributed by atoms with Gasteiger partial charge in [0.15, 0.2) is 6.20 Å². The molecule has 1 heterocycles. The Bertz CT molecular complexity index is 213. The maximum Gasteiger partial charge on any atom is 0.201 e. The van der Waals surface area contributed by atoms with Gasteiger partial charge in [-0.2, -0.15) is 4.73 Å². The van der Waals surface area contributed by atoms with E-state index in [9.17, 15) is 5.21 Å². The molecule has 0 spiro atoms. The van der Waals surface area contributed by atoms with Gasteiger partial charge in [0.05, 0.1) is 6.20 Å². The SMILES string of the molecule is CCCc1c[n+]([O-])ccn1. The van der Waals surface area contributed by atoms with Gasteiger partial charge < -0.3 is 5.21 Å². The molecule has 0 aliphatic carbocycles. The summed E-state index contributed by atoms with van der Waals surface area (Å²) < 4.78 is 0.776. The van der Waals surface area contributed by atoms with E-state index in [2.05, 4.69) is 11.9 Å². The number of rotatable bonds is 2. The Hall–Kier alpha value is -1.12. The smallest absolute Gasteiger partial charge is 0.201 e. The van der Waals surface area contributed by atoms with E-state index in [1.807, 2.05) is 0 Å². The molecule has 0 amide bonds. The fourth-order valence-electron chi connectivity index (χ4n) is 0.803. The Kier molecular flexibility index (Phi) is 2.20. The predicted octanol–water partition coefficient (Wildman–Crippen LogP) is 0.667. The monoisotopic (exact) mass is 138 g/mol. The fraction of sp³-hybridized carbons (Fsp3) is 0.429. The number of aryl methyl sites for hydroxylation is 1. The van der Waals surface area contributed by atoms with Crippen LogP contribution in [0.3, 0.4) is 0 Å². The summed E-state index contributed by atoms with van der Waals surface area (Å²) >= 11 is 0. The molecule has 1 rings (SSSR count). The number of aromatic nitrogens is 2. The lowest BCUT2D eigenvalue weighted by Gasteiger charge is -1.96. The van der Waals surface area contributed by atoms with Crippen LogP contribution in [-0.4, -0.2) is 4.98 Å². The van der Waals surface area contributed by atoms with Gasteiger partial charge >= 0.3 is 0 Å². The van der Waals surface area contributed by atoms with Gasteiger partial charge in [0.2, 0.25) is 6.20 Å². The van der Waals surface area contributed by atoms with Crippen LogP contribution >= 0.6 is 0 Å². The van der Waals surface area contributed by atoms with Crippen LogP contribution in [0.15, 0.2) is 18.6 Å². The Morgan fingerprint density at radius 2 is 2.50 bits per heavy atom. The van der Waals surface area contributed by atoms with Gasteiger partial charge in [0.1, 0.15) is 5.69 Å². The molecule has 0 bridgehead atoms. The van der Waals surface area contributed by atoms with Crippen molar-refractivity contribution in [3.63, 3.8) is 0 Å². The maximum atomic E-state index is 10.6. The van der Waals surface area contributed by atoms with E-state index in [0.29, 0.717) is 0 Å². The summed E-state index contributed by atoms with van der Waals surface area (Å²) in [5.74, 6) is 0. The third kappa shape index (κ3) is 1.69. The highest BCUT2D eigenvalue weighted by atomic mass is 16.5. The molecule has 3 nitrogen and oxygen atoms in total. The van der Waals surface area contributed by atoms with Crippen molar-refractivity contribution >= 4 is 0 Å². The fourth-order valence-corrected chi connectivity index (χ4v) is 0.803. The van der Waals surface area contributed by atoms with Crippen molar-refractivity contribution in [3.8, 4) is 0 Å². The van der Waals surface area contributed by atoms with E-state index in [4.69, 9.17) is 0 Å². The largest absolute Gasteiger partial charge is 0.619 e. The van der Waals surface area contributed by atoms with Gasteiger partial charge in [-0.05, 0) is 6.42 Å². The number of hydrogen-bond acceptors (Lipinski definition) is 2. The van der Waals surface area contributed by atoms with Gasteiger partial charge in [-0.25, -0.2) is 4.98 Å². The van der Waals surface area contributed by atoms with Crippen LogP contribution in [0.4, 0.5) is 0 Å². The van der Waals surface area contributed by atoms with Crippen LogP contribution in [0.1, 0.15) is 19.0 Å². The first-order valence-electron chi connectivity index (χ1n) is 3.36. The van der Waals surface area contributed by atoms with Crippen molar-refractivity contribution in [3.05, 3.63) is 29.5 Å². The molecule has 0 atom stereocenters. The van der Waals surface area contributed by atoms with Crippen molar-refractivity contribution < 1.29 is 4.73 Å². The average Bonchev–Trinajstić information content (AvgIpc) is 1.88. The summed E-state index contributed by atoms with van der Waals surface area (Å²) in [5.41, 5.74) is 0.861. The lowest BCUT2D eigenvalue weighted by Crippen LogP contribution is -2.25. The molecular weight excluding hydrogens is 128 g/mol. The minimum atomic E-state index is 0.776. The van der Waals surface area contributed by atoms with E-state index in [0.717, 1.165) is 23.3 Å². The second kappa shape index (κ2) is 3.15. The molecule has 0 aliphatic rings. The summed E-state index contributed by atoms with van der Waals surface area (Å²) in [6, 6.07) is 0. The standard InChI is InChI=1S/C7H10N2O/c1-2-3-7-6-9(10)5-4-8-7/h4-6H,2-3H2,1H3. The Labute approximate surface area is 59.9 Å². The average molecular weight is 138 g/mol. The summed E-state index contributed by atoms with van der Waals surface area (Å²) in [5, 5.41) is 10.6. The lowest BCUT2D eigenvalue weighted by molar-refractivity contribution is -0.606. The van der Waals surface area contributed by atoms with Crippen LogP contribution in [0.25, 0.3) is 0 Å². The molecule has 1 aromatic heterocycles. The van der Waals surface area contributed by atoms with Crippen molar-refractivity contribution in [2.24, 2.45) is 0 Å². The normalized spacial score (nSPS) is 9.70. The first-order valence-corrected chi connectivity index (χ1v) is 3.36. The molecule has 0 saturated heterocycles. The lowest BCUT2D eigenvalue weighted by atomic mass is 10.3. The van der Waals surface area contributed by atoms with Crippen LogP contribution in [0.5, 0.6) is 0 Å². The summed E-state index contributed by atoms with van der Waals surface area (Å²) in [4.78, 5) is 4.01. The second-order valence-corrected chi connectivity index (χ2v) is 2.16. The van der Waals surface area contributed by atoms with Crippen molar-refractivity contribution in [2.75, 3.05) is 0 Å². The van der Waals surface area contributed by atoms with Crippen LogP contribution in [0.2, 0.25) is 0 Å². The molecular formula is C7H10N2O. The summed E-state index contributed by atoms with van der Waals surface area (Å²) in [7, 11) is 0. The number of hydrogen-bond donors (Lipinski definition) is 0. The van der Waals surface area contributed by atoms with Gasteiger partial charge in [-0.3, -0.25) is 0 Å². The maximum absolute atomic E-state index is 10.6. The van der Waals surface area contributed by atoms with Crippen LogP contribution < -0.4 is 4.73 Å². The zero-order valence-corrected chi connectivity index (χ0v) is 5.95. The molecule has 54 valence electrons. The zero-order chi connectivity index (χ0) is 7.40. The van der Waals surface area contributed by atoms with E-state index < -0.39 is 0 Å². The predicted molar refractivity (Wildman–Crippen MR) is 37.2 cm³/mol. The van der Waals surface area contributed by atoms with Crippen molar-refractivity contribution in [1.82, 2.24) is 4.98 Å². The molecule has 0 aliphatic heterocycles. The molecule has 10 heavy (non-hydrogen) atoms. The van der Waals surface area contributed by atoms with E-state index in [-0.39, 0.29) is 0 Å². The minimum absolute atomic E-state index is 0.776. The first-order chi connectivity index (χ1) is 4.83. The molecule has 0 N–H and O–H groups in total. The molecule has 1 aromatic rings. The highest BCUT2D eigenvalue weighted by Gasteiger charge is 1.95. The summed E-state index contributed by atoms with van der Waals surface area (Å²) in [6.07, 6.45) is 6.32. The number of nitrogens with zero attached hydrogens (tertiary/aromatic N) is 2. The van der Waals surface area contributed by atoms with Crippen molar-refractivity contribution in [2.45, 2.75) is 19.8 Å². The van der Waals surface area contributed by atoms with E-state index >= 15 is 0 Å². The Morgan fingerprint density at radius 1 is 1.70 bits per heavy atom. The second-order valence-electron chi connectivity index (χ2n) is 2.16. The van der Waals surface area contributed by atoms with Gasteiger partial charge in [0, 0.05) is 0 Å². The Balaban J connectivity index is 2.75. The van der Waals surface area contributed by atoms with Gasteiger partial charge in [-0.15, -0.1) is 0 Å². The molecule has 0 fully saturated rings. The molecule has 0 unspecified atom stereocenters.